The number of hydrogen-bond donors (Lipinski definition) is 1. The minimum atomic E-state index is -0.803. The summed E-state index contributed by atoms with van der Waals surface area (Å²) in [6.07, 6.45) is 3.01. The van der Waals surface area contributed by atoms with Crippen LogP contribution in [0.3, 0.4) is 0 Å². The number of benzene rings is 2. The number of ketones is 2. The van der Waals surface area contributed by atoms with Crippen molar-refractivity contribution in [1.29, 1.82) is 0 Å². The van der Waals surface area contributed by atoms with Gasteiger partial charge in [0.05, 0.1) is 12.6 Å². The predicted octanol–water partition coefficient (Wildman–Crippen LogP) is 4.34. The Labute approximate surface area is 201 Å². The van der Waals surface area contributed by atoms with Gasteiger partial charge in [-0.25, -0.2) is 4.79 Å². The van der Waals surface area contributed by atoms with Gasteiger partial charge in [-0.2, -0.15) is 0 Å². The van der Waals surface area contributed by atoms with Crippen LogP contribution >= 0.6 is 0 Å². The maximum absolute atomic E-state index is 13.3. The second-order valence-corrected chi connectivity index (χ2v) is 8.56. The Balaban J connectivity index is 2.21. The van der Waals surface area contributed by atoms with Crippen molar-refractivity contribution in [3.05, 3.63) is 83.9 Å². The van der Waals surface area contributed by atoms with Crippen LogP contribution in [0, 0.1) is 11.8 Å². The first-order chi connectivity index (χ1) is 16.3. The molecule has 1 N–H and O–H groups in total. The van der Waals surface area contributed by atoms with E-state index in [1.165, 1.54) is 0 Å². The van der Waals surface area contributed by atoms with Crippen molar-refractivity contribution < 1.29 is 23.9 Å². The SMILES string of the molecule is CCOC(=O)/C=C/C(=O)[C@H](CC(C)C)NC(=O)[C@@H](CC(=O)c1ccccc1)Cc1ccccc1. The molecular weight excluding hydrogens is 430 g/mol. The molecule has 0 heterocycles. The van der Waals surface area contributed by atoms with E-state index < -0.39 is 17.9 Å². The fourth-order valence-electron chi connectivity index (χ4n) is 3.59. The molecular formula is C28H33NO5. The van der Waals surface area contributed by atoms with Gasteiger partial charge in [-0.15, -0.1) is 0 Å². The van der Waals surface area contributed by atoms with E-state index >= 15 is 0 Å². The minimum Gasteiger partial charge on any atom is -0.463 e. The van der Waals surface area contributed by atoms with Crippen LogP contribution in [0.15, 0.2) is 72.8 Å². The van der Waals surface area contributed by atoms with E-state index in [0.29, 0.717) is 18.4 Å². The summed E-state index contributed by atoms with van der Waals surface area (Å²) in [4.78, 5) is 50.6. The van der Waals surface area contributed by atoms with Crippen molar-refractivity contribution in [2.24, 2.45) is 11.8 Å². The van der Waals surface area contributed by atoms with Gasteiger partial charge in [-0.3, -0.25) is 14.4 Å². The zero-order valence-electron chi connectivity index (χ0n) is 20.0. The van der Waals surface area contributed by atoms with Crippen LogP contribution in [0.2, 0.25) is 0 Å². The Hall–Kier alpha value is -3.54. The standard InChI is InChI=1S/C28H33NO5/c1-4-34-27(32)16-15-25(30)24(17-20(2)3)29-28(33)23(18-21-11-7-5-8-12-21)19-26(31)22-13-9-6-10-14-22/h5-16,20,23-24H,4,17-19H2,1-3H3,(H,29,33)/b16-15+/t23-,24+/m1/s1. The Morgan fingerprint density at radius 3 is 2.12 bits per heavy atom. The highest BCUT2D eigenvalue weighted by Crippen LogP contribution is 2.18. The van der Waals surface area contributed by atoms with E-state index in [1.807, 2.05) is 50.2 Å². The number of rotatable bonds is 13. The molecule has 0 saturated carbocycles. The van der Waals surface area contributed by atoms with Crippen molar-refractivity contribution in [3.8, 4) is 0 Å². The quantitative estimate of drug-likeness (QED) is 0.271. The molecule has 6 heteroatoms. The highest BCUT2D eigenvalue weighted by molar-refractivity contribution is 6.02. The largest absolute Gasteiger partial charge is 0.463 e. The molecule has 1 amide bonds. The number of amides is 1. The summed E-state index contributed by atoms with van der Waals surface area (Å²) in [5, 5.41) is 2.84. The van der Waals surface area contributed by atoms with E-state index in [9.17, 15) is 19.2 Å². The molecule has 6 nitrogen and oxygen atoms in total. The molecule has 0 fully saturated rings. The molecule has 0 aliphatic carbocycles. The summed E-state index contributed by atoms with van der Waals surface area (Å²) in [6, 6.07) is 17.5. The van der Waals surface area contributed by atoms with E-state index in [2.05, 4.69) is 5.32 Å². The number of esters is 1. The molecule has 2 aromatic carbocycles. The van der Waals surface area contributed by atoms with Crippen molar-refractivity contribution >= 4 is 23.4 Å². The highest BCUT2D eigenvalue weighted by Gasteiger charge is 2.27. The van der Waals surface area contributed by atoms with Gasteiger partial charge >= 0.3 is 5.97 Å². The van der Waals surface area contributed by atoms with Crippen molar-refractivity contribution in [2.75, 3.05) is 6.61 Å². The lowest BCUT2D eigenvalue weighted by atomic mass is 9.90. The Bertz CT molecular complexity index is 982. The van der Waals surface area contributed by atoms with Crippen molar-refractivity contribution in [3.63, 3.8) is 0 Å². The third-order valence-electron chi connectivity index (χ3n) is 5.26. The third-order valence-corrected chi connectivity index (χ3v) is 5.26. The van der Waals surface area contributed by atoms with Gasteiger partial charge in [-0.1, -0.05) is 74.5 Å². The van der Waals surface area contributed by atoms with Gasteiger partial charge in [0, 0.05) is 24.0 Å². The van der Waals surface area contributed by atoms with Crippen molar-refractivity contribution in [1.82, 2.24) is 5.32 Å². The van der Waals surface area contributed by atoms with E-state index in [0.717, 1.165) is 17.7 Å². The Morgan fingerprint density at radius 2 is 1.53 bits per heavy atom. The van der Waals surface area contributed by atoms with Gasteiger partial charge in [0.25, 0.3) is 0 Å². The first-order valence-corrected chi connectivity index (χ1v) is 11.6. The topological polar surface area (TPSA) is 89.5 Å². The lowest BCUT2D eigenvalue weighted by Crippen LogP contribution is -2.44. The second kappa shape index (κ2) is 13.9. The number of Topliss-reactive ketones (excluding diaryl/α,β-unsaturated/α-hetero) is 1. The van der Waals surface area contributed by atoms with Crippen LogP contribution in [0.4, 0.5) is 0 Å². The highest BCUT2D eigenvalue weighted by atomic mass is 16.5. The summed E-state index contributed by atoms with van der Waals surface area (Å²) in [5.41, 5.74) is 1.47. The second-order valence-electron chi connectivity index (χ2n) is 8.56. The molecule has 0 spiro atoms. The summed E-state index contributed by atoms with van der Waals surface area (Å²) in [5.74, 6) is -2.01. The van der Waals surface area contributed by atoms with Gasteiger partial charge in [-0.05, 0) is 37.3 Å². The Morgan fingerprint density at radius 1 is 0.912 bits per heavy atom. The zero-order chi connectivity index (χ0) is 24.9. The molecule has 34 heavy (non-hydrogen) atoms. The van der Waals surface area contributed by atoms with Gasteiger partial charge in [0.1, 0.15) is 0 Å². The van der Waals surface area contributed by atoms with Gasteiger partial charge < -0.3 is 10.1 Å². The van der Waals surface area contributed by atoms with Gasteiger partial charge in [0.2, 0.25) is 5.91 Å². The molecule has 0 aliphatic rings. The predicted molar refractivity (Wildman–Crippen MR) is 131 cm³/mol. The maximum atomic E-state index is 13.3. The van der Waals surface area contributed by atoms with Crippen LogP contribution in [-0.4, -0.2) is 36.1 Å². The molecule has 180 valence electrons. The number of nitrogens with one attached hydrogen (secondary N) is 1. The lowest BCUT2D eigenvalue weighted by Gasteiger charge is -2.22. The molecule has 0 aliphatic heterocycles. The number of ether oxygens (including phenoxy) is 1. The normalized spacial score (nSPS) is 12.8. The van der Waals surface area contributed by atoms with E-state index in [1.54, 1.807) is 31.2 Å². The molecule has 0 unspecified atom stereocenters. The summed E-state index contributed by atoms with van der Waals surface area (Å²) >= 11 is 0. The zero-order valence-corrected chi connectivity index (χ0v) is 20.0. The average Bonchev–Trinajstić information content (AvgIpc) is 2.82. The molecule has 0 aromatic heterocycles. The van der Waals surface area contributed by atoms with Crippen LogP contribution in [0.1, 0.15) is 49.5 Å². The average molecular weight is 464 g/mol. The van der Waals surface area contributed by atoms with Crippen molar-refractivity contribution in [2.45, 2.75) is 46.1 Å². The van der Waals surface area contributed by atoms with Crippen LogP contribution in [-0.2, 0) is 25.5 Å². The number of carbonyl (C=O) groups excluding carboxylic acids is 4. The first kappa shape index (κ1) is 26.7. The first-order valence-electron chi connectivity index (χ1n) is 11.6. The Kier molecular flexibility index (Phi) is 10.9. The minimum absolute atomic E-state index is 0.0198. The number of carbonyl (C=O) groups is 4. The van der Waals surface area contributed by atoms with E-state index in [4.69, 9.17) is 4.74 Å². The molecule has 0 bridgehead atoms. The molecule has 0 radical (unpaired) electrons. The fourth-order valence-corrected chi connectivity index (χ4v) is 3.59. The molecule has 2 atom stereocenters. The monoisotopic (exact) mass is 463 g/mol. The molecule has 2 aromatic rings. The fraction of sp³-hybridized carbons (Fsp3) is 0.357. The molecule has 2 rings (SSSR count). The molecule has 0 saturated heterocycles. The number of hydrogen-bond acceptors (Lipinski definition) is 5. The van der Waals surface area contributed by atoms with Gasteiger partial charge in [0.15, 0.2) is 11.6 Å². The smallest absolute Gasteiger partial charge is 0.330 e. The van der Waals surface area contributed by atoms with Crippen LogP contribution in [0.25, 0.3) is 0 Å². The lowest BCUT2D eigenvalue weighted by molar-refractivity contribution is -0.137. The summed E-state index contributed by atoms with van der Waals surface area (Å²) in [7, 11) is 0. The van der Waals surface area contributed by atoms with Crippen LogP contribution < -0.4 is 5.32 Å². The summed E-state index contributed by atoms with van der Waals surface area (Å²) < 4.78 is 4.82. The maximum Gasteiger partial charge on any atom is 0.330 e. The summed E-state index contributed by atoms with van der Waals surface area (Å²) in [6.45, 7) is 5.78. The van der Waals surface area contributed by atoms with E-state index in [-0.39, 0.29) is 36.4 Å². The third kappa shape index (κ3) is 9.14. The van der Waals surface area contributed by atoms with Crippen LogP contribution in [0.5, 0.6) is 0 Å².